The lowest BCUT2D eigenvalue weighted by Gasteiger charge is -2.22. The van der Waals surface area contributed by atoms with E-state index in [0.717, 1.165) is 0 Å². The van der Waals surface area contributed by atoms with E-state index in [2.05, 4.69) is 5.32 Å². The second kappa shape index (κ2) is 6.23. The van der Waals surface area contributed by atoms with Crippen LogP contribution in [0.2, 0.25) is 0 Å². The number of nitrogens with one attached hydrogen (secondary N) is 1. The van der Waals surface area contributed by atoms with E-state index < -0.39 is 36.0 Å². The van der Waals surface area contributed by atoms with Crippen LogP contribution in [-0.2, 0) is 14.3 Å². The molecule has 7 heteroatoms. The first-order chi connectivity index (χ1) is 8.03. The largest absolute Gasteiger partial charge is 0.480 e. The van der Waals surface area contributed by atoms with Gasteiger partial charge < -0.3 is 20.1 Å². The number of esters is 1. The zero-order valence-electron chi connectivity index (χ0n) is 11.3. The number of nitrogens with zero attached hydrogens (tertiary/aromatic N) is 1. The Hall–Kier alpha value is -1.79. The summed E-state index contributed by atoms with van der Waals surface area (Å²) in [6.07, 6.45) is -0.411. The average molecular weight is 260 g/mol. The lowest BCUT2D eigenvalue weighted by Crippen LogP contribution is -2.47. The lowest BCUT2D eigenvalue weighted by atomic mass is 10.1. The van der Waals surface area contributed by atoms with Crippen LogP contribution in [0.3, 0.4) is 0 Å². The van der Waals surface area contributed by atoms with Gasteiger partial charge in [0.1, 0.15) is 11.6 Å². The number of carboxylic acids is 1. The topological polar surface area (TPSA) is 95.9 Å². The third-order valence-corrected chi connectivity index (χ3v) is 1.79. The van der Waals surface area contributed by atoms with E-state index in [-0.39, 0.29) is 0 Å². The molecule has 0 radical (unpaired) electrons. The van der Waals surface area contributed by atoms with Crippen LogP contribution in [0.15, 0.2) is 0 Å². The number of rotatable bonds is 4. The molecule has 0 aromatic carbocycles. The first-order valence-electron chi connectivity index (χ1n) is 5.45. The molecule has 0 rings (SSSR count). The van der Waals surface area contributed by atoms with Crippen LogP contribution >= 0.6 is 0 Å². The Kier molecular flexibility index (Phi) is 5.61. The van der Waals surface area contributed by atoms with E-state index in [0.29, 0.717) is 0 Å². The third kappa shape index (κ3) is 6.72. The van der Waals surface area contributed by atoms with E-state index in [9.17, 15) is 14.4 Å². The Morgan fingerprint density at radius 3 is 2.11 bits per heavy atom. The van der Waals surface area contributed by atoms with E-state index in [1.54, 1.807) is 20.8 Å². The number of hydrogen-bond acceptors (Lipinski definition) is 4. The summed E-state index contributed by atoms with van der Waals surface area (Å²) in [5.74, 6) is -1.95. The summed E-state index contributed by atoms with van der Waals surface area (Å²) in [5.41, 5.74) is -0.689. The summed E-state index contributed by atoms with van der Waals surface area (Å²) in [5, 5.41) is 11.1. The molecule has 0 unspecified atom stereocenters. The second-order valence-corrected chi connectivity index (χ2v) is 5.03. The van der Waals surface area contributed by atoms with Gasteiger partial charge in [-0.3, -0.25) is 4.79 Å². The molecule has 2 N–H and O–H groups in total. The van der Waals surface area contributed by atoms with Gasteiger partial charge in [-0.1, -0.05) is 0 Å². The molecule has 0 fully saturated rings. The number of carboxylic acid groups (broad SMARTS) is 1. The molecule has 18 heavy (non-hydrogen) atoms. The number of aliphatic carboxylic acids is 1. The highest BCUT2D eigenvalue weighted by Gasteiger charge is 2.26. The van der Waals surface area contributed by atoms with Crippen molar-refractivity contribution in [3.8, 4) is 0 Å². The first kappa shape index (κ1) is 16.2. The van der Waals surface area contributed by atoms with Gasteiger partial charge in [0.25, 0.3) is 0 Å². The standard InChI is InChI=1S/C11H20N2O5/c1-11(2,3)18-8(14)6-7(9(15)16)12-10(17)13(4)5/h7H,6H2,1-5H3,(H,12,17)(H,15,16)/t7-/m0/s1. The fourth-order valence-electron chi connectivity index (χ4n) is 1.03. The van der Waals surface area contributed by atoms with Crippen LogP contribution in [0.25, 0.3) is 0 Å². The summed E-state index contributed by atoms with van der Waals surface area (Å²) in [7, 11) is 2.95. The summed E-state index contributed by atoms with van der Waals surface area (Å²) in [6.45, 7) is 5.04. The molecule has 7 nitrogen and oxygen atoms in total. The maximum atomic E-state index is 11.5. The lowest BCUT2D eigenvalue weighted by molar-refractivity contribution is -0.158. The smallest absolute Gasteiger partial charge is 0.326 e. The average Bonchev–Trinajstić information content (AvgIpc) is 2.12. The molecular weight excluding hydrogens is 240 g/mol. The maximum absolute atomic E-state index is 11.5. The quantitative estimate of drug-likeness (QED) is 0.715. The van der Waals surface area contributed by atoms with Crippen LogP contribution < -0.4 is 5.32 Å². The molecule has 0 saturated carbocycles. The number of urea groups is 1. The summed E-state index contributed by atoms with van der Waals surface area (Å²) < 4.78 is 4.99. The fourth-order valence-corrected chi connectivity index (χ4v) is 1.03. The molecule has 0 bridgehead atoms. The number of carbonyl (C=O) groups excluding carboxylic acids is 2. The van der Waals surface area contributed by atoms with Crippen molar-refractivity contribution in [3.05, 3.63) is 0 Å². The Bertz CT molecular complexity index is 333. The minimum Gasteiger partial charge on any atom is -0.480 e. The van der Waals surface area contributed by atoms with Crippen molar-refractivity contribution in [2.75, 3.05) is 14.1 Å². The van der Waals surface area contributed by atoms with Gasteiger partial charge in [-0.2, -0.15) is 0 Å². The number of carbonyl (C=O) groups is 3. The molecular formula is C11H20N2O5. The van der Waals surface area contributed by atoms with E-state index in [4.69, 9.17) is 9.84 Å². The van der Waals surface area contributed by atoms with Gasteiger partial charge in [0, 0.05) is 14.1 Å². The first-order valence-corrected chi connectivity index (χ1v) is 5.45. The normalized spacial score (nSPS) is 12.5. The number of amides is 2. The molecule has 1 atom stereocenters. The third-order valence-electron chi connectivity index (χ3n) is 1.79. The van der Waals surface area contributed by atoms with Gasteiger partial charge in [0.05, 0.1) is 6.42 Å². The fraction of sp³-hybridized carbons (Fsp3) is 0.727. The maximum Gasteiger partial charge on any atom is 0.326 e. The van der Waals surface area contributed by atoms with Crippen molar-refractivity contribution in [2.24, 2.45) is 0 Å². The van der Waals surface area contributed by atoms with Crippen molar-refractivity contribution >= 4 is 18.0 Å². The molecule has 0 aliphatic heterocycles. The van der Waals surface area contributed by atoms with Crippen LogP contribution in [-0.4, -0.2) is 53.7 Å². The predicted octanol–water partition coefficient (Wildman–Crippen LogP) is 0.443. The molecule has 0 heterocycles. The highest BCUT2D eigenvalue weighted by Crippen LogP contribution is 2.09. The van der Waals surface area contributed by atoms with Crippen molar-refractivity contribution in [1.82, 2.24) is 10.2 Å². The van der Waals surface area contributed by atoms with Crippen molar-refractivity contribution < 1.29 is 24.2 Å². The van der Waals surface area contributed by atoms with Gasteiger partial charge in [-0.25, -0.2) is 9.59 Å². The Morgan fingerprint density at radius 2 is 1.78 bits per heavy atom. The molecule has 0 saturated heterocycles. The van der Waals surface area contributed by atoms with Gasteiger partial charge >= 0.3 is 18.0 Å². The monoisotopic (exact) mass is 260 g/mol. The Balaban J connectivity index is 4.51. The van der Waals surface area contributed by atoms with Crippen molar-refractivity contribution in [2.45, 2.75) is 38.8 Å². The van der Waals surface area contributed by atoms with E-state index in [1.807, 2.05) is 0 Å². The molecule has 0 spiro atoms. The SMILES string of the molecule is CN(C)C(=O)N[C@@H](CC(=O)OC(C)(C)C)C(=O)O. The zero-order chi connectivity index (χ0) is 14.5. The van der Waals surface area contributed by atoms with E-state index >= 15 is 0 Å². The van der Waals surface area contributed by atoms with Crippen LogP contribution in [0, 0.1) is 0 Å². The van der Waals surface area contributed by atoms with Crippen molar-refractivity contribution in [1.29, 1.82) is 0 Å². The van der Waals surface area contributed by atoms with Gasteiger partial charge in [0.15, 0.2) is 0 Å². The van der Waals surface area contributed by atoms with Crippen LogP contribution in [0.5, 0.6) is 0 Å². The Morgan fingerprint density at radius 1 is 1.28 bits per heavy atom. The predicted molar refractivity (Wildman–Crippen MR) is 64.1 cm³/mol. The molecule has 0 aliphatic rings. The minimum absolute atomic E-state index is 0.411. The van der Waals surface area contributed by atoms with Crippen molar-refractivity contribution in [3.63, 3.8) is 0 Å². The van der Waals surface area contributed by atoms with Gasteiger partial charge in [0.2, 0.25) is 0 Å². The molecule has 0 aromatic heterocycles. The Labute approximate surface area is 106 Å². The van der Waals surface area contributed by atoms with Crippen LogP contribution in [0.1, 0.15) is 27.2 Å². The number of hydrogen-bond donors (Lipinski definition) is 2. The second-order valence-electron chi connectivity index (χ2n) is 5.03. The minimum atomic E-state index is -1.30. The molecule has 2 amide bonds. The van der Waals surface area contributed by atoms with Gasteiger partial charge in [-0.05, 0) is 20.8 Å². The summed E-state index contributed by atoms with van der Waals surface area (Å²) >= 11 is 0. The zero-order valence-corrected chi connectivity index (χ0v) is 11.3. The molecule has 104 valence electrons. The van der Waals surface area contributed by atoms with Gasteiger partial charge in [-0.15, -0.1) is 0 Å². The number of ether oxygens (including phenoxy) is 1. The highest BCUT2D eigenvalue weighted by atomic mass is 16.6. The summed E-state index contributed by atoms with van der Waals surface area (Å²) in [4.78, 5) is 34.9. The summed E-state index contributed by atoms with van der Waals surface area (Å²) in [6, 6.07) is -1.87. The molecule has 0 aromatic rings. The van der Waals surface area contributed by atoms with E-state index in [1.165, 1.54) is 19.0 Å². The highest BCUT2D eigenvalue weighted by molar-refractivity contribution is 5.86. The van der Waals surface area contributed by atoms with Crippen LogP contribution in [0.4, 0.5) is 4.79 Å². The molecule has 0 aliphatic carbocycles.